The fourth-order valence-corrected chi connectivity index (χ4v) is 5.00. The molecule has 4 aromatic rings. The van der Waals surface area contributed by atoms with Crippen molar-refractivity contribution in [2.24, 2.45) is 0 Å². The van der Waals surface area contributed by atoms with Crippen LogP contribution in [0.5, 0.6) is 5.75 Å². The van der Waals surface area contributed by atoms with Crippen molar-refractivity contribution in [2.45, 2.75) is 33.1 Å². The summed E-state index contributed by atoms with van der Waals surface area (Å²) >= 11 is 0. The number of amides is 2. The monoisotopic (exact) mass is 540 g/mol. The number of hydrogen-bond acceptors (Lipinski definition) is 5. The number of aryl methyl sites for hydroxylation is 1. The van der Waals surface area contributed by atoms with Gasteiger partial charge in [0.2, 0.25) is 0 Å². The fraction of sp³-hybridized carbons (Fsp3) is 0.375. The molecule has 8 heteroatoms. The van der Waals surface area contributed by atoms with Crippen LogP contribution in [-0.4, -0.2) is 66.8 Å². The summed E-state index contributed by atoms with van der Waals surface area (Å²) < 4.78 is 5.98. The van der Waals surface area contributed by atoms with Gasteiger partial charge in [-0.05, 0) is 54.8 Å². The van der Waals surface area contributed by atoms with E-state index in [9.17, 15) is 4.79 Å². The summed E-state index contributed by atoms with van der Waals surface area (Å²) in [5.41, 5.74) is 6.49. The van der Waals surface area contributed by atoms with Gasteiger partial charge < -0.3 is 25.3 Å². The molecule has 0 radical (unpaired) electrons. The largest absolute Gasteiger partial charge is 0.492 e. The number of hydrogen-bond donors (Lipinski definition) is 3. The zero-order chi connectivity index (χ0) is 27.7. The van der Waals surface area contributed by atoms with Crippen LogP contribution in [0.3, 0.4) is 0 Å². The third-order valence-electron chi connectivity index (χ3n) is 7.44. The minimum atomic E-state index is -0.174. The maximum Gasteiger partial charge on any atom is 0.319 e. The summed E-state index contributed by atoms with van der Waals surface area (Å²) in [6.07, 6.45) is 3.07. The molecule has 0 saturated carbocycles. The van der Waals surface area contributed by atoms with Gasteiger partial charge in [0.25, 0.3) is 0 Å². The summed E-state index contributed by atoms with van der Waals surface area (Å²) in [5.74, 6) is 1.72. The van der Waals surface area contributed by atoms with Gasteiger partial charge >= 0.3 is 6.03 Å². The molecule has 0 spiro atoms. The van der Waals surface area contributed by atoms with Crippen molar-refractivity contribution in [1.29, 1.82) is 0 Å². The van der Waals surface area contributed by atoms with Crippen molar-refractivity contribution in [2.75, 3.05) is 56.1 Å². The summed E-state index contributed by atoms with van der Waals surface area (Å²) in [7, 11) is 0. The van der Waals surface area contributed by atoms with Crippen LogP contribution in [0.4, 0.5) is 16.2 Å². The van der Waals surface area contributed by atoms with Gasteiger partial charge in [0, 0.05) is 50.5 Å². The van der Waals surface area contributed by atoms with Gasteiger partial charge in [0.1, 0.15) is 23.7 Å². The molecule has 0 atom stereocenters. The molecule has 3 aromatic carbocycles. The summed E-state index contributed by atoms with van der Waals surface area (Å²) in [4.78, 5) is 25.3. The average molecular weight is 541 g/mol. The van der Waals surface area contributed by atoms with Crippen LogP contribution in [0.15, 0.2) is 66.7 Å². The molecule has 3 N–H and O–H groups in total. The number of rotatable bonds is 11. The van der Waals surface area contributed by atoms with Crippen LogP contribution < -0.4 is 20.3 Å². The predicted molar refractivity (Wildman–Crippen MR) is 163 cm³/mol. The van der Waals surface area contributed by atoms with Crippen LogP contribution in [0.25, 0.3) is 22.4 Å². The molecule has 0 unspecified atom stereocenters. The van der Waals surface area contributed by atoms with Gasteiger partial charge in [-0.25, -0.2) is 9.78 Å². The Morgan fingerprint density at radius 1 is 0.975 bits per heavy atom. The normalized spacial score (nSPS) is 13.9. The quantitative estimate of drug-likeness (QED) is 0.206. The zero-order valence-corrected chi connectivity index (χ0v) is 23.6. The second-order valence-corrected chi connectivity index (χ2v) is 10.2. The van der Waals surface area contributed by atoms with Gasteiger partial charge in [0.15, 0.2) is 0 Å². The molecule has 1 aliphatic heterocycles. The third kappa shape index (κ3) is 6.93. The number of unbranched alkanes of at least 4 members (excludes halogenated alkanes) is 1. The average Bonchev–Trinajstić information content (AvgIpc) is 3.43. The number of ether oxygens (including phenoxy) is 1. The molecule has 2 heterocycles. The number of carbonyl (C=O) groups excluding carboxylic acids is 1. The standard InChI is InChI=1S/C32H40N6O2/c1-3-5-17-33-32(39)34-26-13-15-27(16-14-26)40-23-22-37-18-20-38(21-19-37)29-8-6-7-28-30(29)36-31(35-28)25-11-9-24(4-2)10-12-25/h6-16H,3-5,17-23H2,1-2H3,(H,35,36)(H2,33,34,39). The second kappa shape index (κ2) is 13.3. The number of nitrogens with one attached hydrogen (secondary N) is 3. The van der Waals surface area contributed by atoms with E-state index < -0.39 is 0 Å². The lowest BCUT2D eigenvalue weighted by Gasteiger charge is -2.36. The lowest BCUT2D eigenvalue weighted by atomic mass is 10.1. The van der Waals surface area contributed by atoms with E-state index in [-0.39, 0.29) is 6.03 Å². The predicted octanol–water partition coefficient (Wildman–Crippen LogP) is 5.91. The Morgan fingerprint density at radius 3 is 2.48 bits per heavy atom. The number of aromatic amines is 1. The number of imidazole rings is 1. The topological polar surface area (TPSA) is 85.5 Å². The Kier molecular flexibility index (Phi) is 9.18. The SMILES string of the molecule is CCCCNC(=O)Nc1ccc(OCCN2CCN(c3cccc4[nH]c(-c5ccc(CC)cc5)nc34)CC2)cc1. The number of benzene rings is 3. The minimum absolute atomic E-state index is 0.174. The van der Waals surface area contributed by atoms with Gasteiger partial charge in [-0.1, -0.05) is 50.6 Å². The van der Waals surface area contributed by atoms with E-state index in [2.05, 4.69) is 81.7 Å². The molecule has 1 saturated heterocycles. The molecule has 0 aliphatic carbocycles. The second-order valence-electron chi connectivity index (χ2n) is 10.2. The number of aromatic nitrogens is 2. The maximum absolute atomic E-state index is 11.9. The Balaban J connectivity index is 1.09. The van der Waals surface area contributed by atoms with E-state index in [1.807, 2.05) is 24.3 Å². The number of urea groups is 1. The van der Waals surface area contributed by atoms with E-state index in [1.54, 1.807) is 0 Å². The number of H-pyrrole nitrogens is 1. The van der Waals surface area contributed by atoms with Gasteiger partial charge in [-0.15, -0.1) is 0 Å². The zero-order valence-electron chi connectivity index (χ0n) is 23.6. The van der Waals surface area contributed by atoms with Crippen LogP contribution >= 0.6 is 0 Å². The van der Waals surface area contributed by atoms with E-state index in [4.69, 9.17) is 9.72 Å². The van der Waals surface area contributed by atoms with Crippen molar-refractivity contribution in [3.05, 3.63) is 72.3 Å². The van der Waals surface area contributed by atoms with Crippen LogP contribution in [-0.2, 0) is 6.42 Å². The summed E-state index contributed by atoms with van der Waals surface area (Å²) in [6, 6.07) is 22.4. The number of fused-ring (bicyclic) bond motifs is 1. The first-order chi connectivity index (χ1) is 19.6. The van der Waals surface area contributed by atoms with Crippen LogP contribution in [0, 0.1) is 0 Å². The molecular formula is C32H40N6O2. The highest BCUT2D eigenvalue weighted by Crippen LogP contribution is 2.29. The maximum atomic E-state index is 11.9. The van der Waals surface area contributed by atoms with Crippen LogP contribution in [0.2, 0.25) is 0 Å². The molecular weight excluding hydrogens is 500 g/mol. The fourth-order valence-electron chi connectivity index (χ4n) is 5.00. The number of para-hydroxylation sites is 1. The summed E-state index contributed by atoms with van der Waals surface area (Å²) in [5, 5.41) is 5.71. The Hall–Kier alpha value is -4.04. The lowest BCUT2D eigenvalue weighted by molar-refractivity contribution is 0.200. The van der Waals surface area contributed by atoms with Crippen molar-refractivity contribution in [1.82, 2.24) is 20.2 Å². The molecule has 2 amide bonds. The van der Waals surface area contributed by atoms with Gasteiger partial charge in [0.05, 0.1) is 11.2 Å². The molecule has 1 aromatic heterocycles. The molecule has 40 heavy (non-hydrogen) atoms. The minimum Gasteiger partial charge on any atom is -0.492 e. The van der Waals surface area contributed by atoms with Gasteiger partial charge in [-0.3, -0.25) is 4.90 Å². The molecule has 1 fully saturated rings. The van der Waals surface area contributed by atoms with E-state index in [0.29, 0.717) is 13.2 Å². The highest BCUT2D eigenvalue weighted by Gasteiger charge is 2.20. The highest BCUT2D eigenvalue weighted by molar-refractivity contribution is 5.91. The molecule has 1 aliphatic rings. The Morgan fingerprint density at radius 2 is 1.75 bits per heavy atom. The third-order valence-corrected chi connectivity index (χ3v) is 7.44. The number of anilines is 2. The van der Waals surface area contributed by atoms with Crippen LogP contribution in [0.1, 0.15) is 32.3 Å². The molecule has 210 valence electrons. The smallest absolute Gasteiger partial charge is 0.319 e. The van der Waals surface area contributed by atoms with Crippen molar-refractivity contribution >= 4 is 28.4 Å². The Labute approximate surface area is 236 Å². The number of nitrogens with zero attached hydrogens (tertiary/aromatic N) is 3. The highest BCUT2D eigenvalue weighted by atomic mass is 16.5. The first-order valence-electron chi connectivity index (χ1n) is 14.5. The lowest BCUT2D eigenvalue weighted by Crippen LogP contribution is -2.47. The van der Waals surface area contributed by atoms with Crippen molar-refractivity contribution < 1.29 is 9.53 Å². The molecule has 8 nitrogen and oxygen atoms in total. The Bertz CT molecular complexity index is 1380. The van der Waals surface area contributed by atoms with Crippen molar-refractivity contribution in [3.8, 4) is 17.1 Å². The van der Waals surface area contributed by atoms with E-state index >= 15 is 0 Å². The van der Waals surface area contributed by atoms with Gasteiger partial charge in [-0.2, -0.15) is 0 Å². The van der Waals surface area contributed by atoms with E-state index in [0.717, 1.165) is 85.8 Å². The molecule has 0 bridgehead atoms. The first-order valence-corrected chi connectivity index (χ1v) is 14.5. The molecule has 5 rings (SSSR count). The number of carbonyl (C=O) groups is 1. The first kappa shape index (κ1) is 27.5. The van der Waals surface area contributed by atoms with E-state index in [1.165, 1.54) is 11.3 Å². The summed E-state index contributed by atoms with van der Waals surface area (Å²) in [6.45, 7) is 10.3. The van der Waals surface area contributed by atoms with Crippen molar-refractivity contribution in [3.63, 3.8) is 0 Å². The number of piperazine rings is 1.